The van der Waals surface area contributed by atoms with Gasteiger partial charge in [-0.1, -0.05) is 44.0 Å². The summed E-state index contributed by atoms with van der Waals surface area (Å²) in [5, 5.41) is 4.62. The van der Waals surface area contributed by atoms with Gasteiger partial charge in [0.05, 0.1) is 0 Å². The van der Waals surface area contributed by atoms with E-state index in [1.807, 2.05) is 0 Å². The summed E-state index contributed by atoms with van der Waals surface area (Å²) in [5.41, 5.74) is 4.74. The molecule has 0 bridgehead atoms. The molecule has 1 saturated heterocycles. The van der Waals surface area contributed by atoms with Crippen molar-refractivity contribution in [3.8, 4) is 0 Å². The summed E-state index contributed by atoms with van der Waals surface area (Å²) in [6.07, 6.45) is 4.70. The van der Waals surface area contributed by atoms with Gasteiger partial charge in [0.15, 0.2) is 0 Å². The second-order valence-electron chi connectivity index (χ2n) is 6.19. The molecule has 0 amide bonds. The first-order valence-corrected chi connectivity index (χ1v) is 7.54. The predicted octanol–water partition coefficient (Wildman–Crippen LogP) is 3.93. The SMILES string of the molecule is CCCc1ccc2c(c1Cl)CCC1(C)CNCC21. The van der Waals surface area contributed by atoms with Gasteiger partial charge in [-0.25, -0.2) is 0 Å². The molecule has 1 aliphatic heterocycles. The van der Waals surface area contributed by atoms with E-state index in [1.54, 1.807) is 0 Å². The van der Waals surface area contributed by atoms with E-state index >= 15 is 0 Å². The fourth-order valence-electron chi connectivity index (χ4n) is 3.76. The van der Waals surface area contributed by atoms with Crippen molar-refractivity contribution >= 4 is 11.6 Å². The first-order chi connectivity index (χ1) is 8.65. The standard InChI is InChI=1S/C16H22ClN/c1-3-4-11-5-6-12-13(15(11)17)7-8-16(2)10-18-9-14(12)16/h5-6,14,18H,3-4,7-10H2,1-2H3. The van der Waals surface area contributed by atoms with E-state index in [-0.39, 0.29) is 0 Å². The van der Waals surface area contributed by atoms with E-state index in [9.17, 15) is 0 Å². The van der Waals surface area contributed by atoms with Crippen molar-refractivity contribution in [3.05, 3.63) is 33.8 Å². The highest BCUT2D eigenvalue weighted by Crippen LogP contribution is 2.49. The van der Waals surface area contributed by atoms with Crippen LogP contribution in [-0.2, 0) is 12.8 Å². The Labute approximate surface area is 115 Å². The van der Waals surface area contributed by atoms with E-state index in [2.05, 4.69) is 31.3 Å². The van der Waals surface area contributed by atoms with Crippen LogP contribution < -0.4 is 5.32 Å². The highest BCUT2D eigenvalue weighted by molar-refractivity contribution is 6.32. The second kappa shape index (κ2) is 4.54. The molecule has 2 atom stereocenters. The molecular weight excluding hydrogens is 242 g/mol. The fourth-order valence-corrected chi connectivity index (χ4v) is 4.12. The molecule has 1 aromatic rings. The molecule has 18 heavy (non-hydrogen) atoms. The molecule has 2 unspecified atom stereocenters. The Bertz CT molecular complexity index is 468. The van der Waals surface area contributed by atoms with Gasteiger partial charge in [-0.2, -0.15) is 0 Å². The maximum Gasteiger partial charge on any atom is 0.0472 e. The van der Waals surface area contributed by atoms with Crippen LogP contribution in [0, 0.1) is 5.41 Å². The highest BCUT2D eigenvalue weighted by Gasteiger charge is 2.43. The maximum absolute atomic E-state index is 6.62. The van der Waals surface area contributed by atoms with Crippen LogP contribution in [0.15, 0.2) is 12.1 Å². The number of hydrogen-bond donors (Lipinski definition) is 1. The molecule has 1 nitrogen and oxygen atoms in total. The average molecular weight is 264 g/mol. The summed E-state index contributed by atoms with van der Waals surface area (Å²) in [7, 11) is 0. The normalized spacial score (nSPS) is 30.1. The molecule has 0 aromatic heterocycles. The monoisotopic (exact) mass is 263 g/mol. The Kier molecular flexibility index (Phi) is 3.15. The molecule has 98 valence electrons. The number of halogens is 1. The first kappa shape index (κ1) is 12.5. The van der Waals surface area contributed by atoms with Crippen LogP contribution in [0.25, 0.3) is 0 Å². The molecule has 1 N–H and O–H groups in total. The second-order valence-corrected chi connectivity index (χ2v) is 6.57. The van der Waals surface area contributed by atoms with Crippen LogP contribution >= 0.6 is 11.6 Å². The molecule has 2 aliphatic rings. The third kappa shape index (κ3) is 1.80. The van der Waals surface area contributed by atoms with Crippen LogP contribution in [0.5, 0.6) is 0 Å². The van der Waals surface area contributed by atoms with Gasteiger partial charge in [-0.15, -0.1) is 0 Å². The zero-order chi connectivity index (χ0) is 12.8. The van der Waals surface area contributed by atoms with Crippen molar-refractivity contribution in [1.82, 2.24) is 5.32 Å². The minimum absolute atomic E-state index is 0.447. The minimum Gasteiger partial charge on any atom is -0.316 e. The summed E-state index contributed by atoms with van der Waals surface area (Å²) in [6.45, 7) is 6.92. The molecule has 1 heterocycles. The van der Waals surface area contributed by atoms with Gasteiger partial charge in [0.25, 0.3) is 0 Å². The van der Waals surface area contributed by atoms with Gasteiger partial charge < -0.3 is 5.32 Å². The molecule has 0 spiro atoms. The van der Waals surface area contributed by atoms with Gasteiger partial charge in [-0.05, 0) is 41.4 Å². The van der Waals surface area contributed by atoms with Crippen LogP contribution in [0.2, 0.25) is 5.02 Å². The summed E-state index contributed by atoms with van der Waals surface area (Å²) in [5.74, 6) is 0.662. The molecule has 2 heteroatoms. The van der Waals surface area contributed by atoms with Gasteiger partial charge in [0, 0.05) is 24.0 Å². The molecule has 1 aromatic carbocycles. The lowest BCUT2D eigenvalue weighted by molar-refractivity contribution is 0.277. The van der Waals surface area contributed by atoms with E-state index in [0.29, 0.717) is 11.3 Å². The molecular formula is C16H22ClN. The smallest absolute Gasteiger partial charge is 0.0472 e. The Morgan fingerprint density at radius 2 is 2.28 bits per heavy atom. The van der Waals surface area contributed by atoms with E-state index in [1.165, 1.54) is 29.5 Å². The van der Waals surface area contributed by atoms with Crippen LogP contribution in [0.1, 0.15) is 49.3 Å². The number of aryl methyl sites for hydroxylation is 1. The van der Waals surface area contributed by atoms with Crippen molar-refractivity contribution in [2.45, 2.75) is 45.4 Å². The van der Waals surface area contributed by atoms with E-state index in [4.69, 9.17) is 11.6 Å². The largest absolute Gasteiger partial charge is 0.316 e. The molecule has 0 radical (unpaired) electrons. The highest BCUT2D eigenvalue weighted by atomic mass is 35.5. The number of hydrogen-bond acceptors (Lipinski definition) is 1. The number of rotatable bonds is 2. The Balaban J connectivity index is 2.04. The molecule has 1 aliphatic carbocycles. The number of benzene rings is 1. The zero-order valence-electron chi connectivity index (χ0n) is 11.4. The van der Waals surface area contributed by atoms with E-state index in [0.717, 1.165) is 31.0 Å². The van der Waals surface area contributed by atoms with Gasteiger partial charge in [0.1, 0.15) is 0 Å². The van der Waals surface area contributed by atoms with Gasteiger partial charge in [-0.3, -0.25) is 0 Å². The topological polar surface area (TPSA) is 12.0 Å². The number of nitrogens with one attached hydrogen (secondary N) is 1. The van der Waals surface area contributed by atoms with Crippen LogP contribution in [0.4, 0.5) is 0 Å². The van der Waals surface area contributed by atoms with Crippen molar-refractivity contribution < 1.29 is 0 Å². The predicted molar refractivity (Wildman–Crippen MR) is 77.5 cm³/mol. The molecule has 1 fully saturated rings. The van der Waals surface area contributed by atoms with Crippen LogP contribution in [-0.4, -0.2) is 13.1 Å². The minimum atomic E-state index is 0.447. The van der Waals surface area contributed by atoms with Crippen molar-refractivity contribution in [3.63, 3.8) is 0 Å². The Morgan fingerprint density at radius 1 is 1.44 bits per heavy atom. The number of fused-ring (bicyclic) bond motifs is 3. The lowest BCUT2D eigenvalue weighted by atomic mass is 9.67. The summed E-state index contributed by atoms with van der Waals surface area (Å²) in [6, 6.07) is 4.61. The van der Waals surface area contributed by atoms with Crippen LogP contribution in [0.3, 0.4) is 0 Å². The third-order valence-electron chi connectivity index (χ3n) is 4.92. The fraction of sp³-hybridized carbons (Fsp3) is 0.625. The molecule has 0 saturated carbocycles. The Morgan fingerprint density at radius 3 is 3.06 bits per heavy atom. The van der Waals surface area contributed by atoms with Gasteiger partial charge >= 0.3 is 0 Å². The van der Waals surface area contributed by atoms with Gasteiger partial charge in [0.2, 0.25) is 0 Å². The average Bonchev–Trinajstić information content (AvgIpc) is 2.75. The van der Waals surface area contributed by atoms with E-state index < -0.39 is 0 Å². The summed E-state index contributed by atoms with van der Waals surface area (Å²) in [4.78, 5) is 0. The summed E-state index contributed by atoms with van der Waals surface area (Å²) < 4.78 is 0. The zero-order valence-corrected chi connectivity index (χ0v) is 12.1. The quantitative estimate of drug-likeness (QED) is 0.853. The van der Waals surface area contributed by atoms with Crippen molar-refractivity contribution in [2.24, 2.45) is 5.41 Å². The molecule has 3 rings (SSSR count). The lowest BCUT2D eigenvalue weighted by Gasteiger charge is -2.37. The lowest BCUT2D eigenvalue weighted by Crippen LogP contribution is -2.30. The summed E-state index contributed by atoms with van der Waals surface area (Å²) >= 11 is 6.62. The third-order valence-corrected chi connectivity index (χ3v) is 5.39. The van der Waals surface area contributed by atoms with Crippen molar-refractivity contribution in [2.75, 3.05) is 13.1 Å². The Hall–Kier alpha value is -0.530. The maximum atomic E-state index is 6.62. The van der Waals surface area contributed by atoms with Crippen molar-refractivity contribution in [1.29, 1.82) is 0 Å². The first-order valence-electron chi connectivity index (χ1n) is 7.16.